The predicted molar refractivity (Wildman–Crippen MR) is 104 cm³/mol. The summed E-state index contributed by atoms with van der Waals surface area (Å²) >= 11 is 0. The minimum atomic E-state index is 0.130. The van der Waals surface area contributed by atoms with Crippen LogP contribution in [0.5, 0.6) is 0 Å². The Balaban J connectivity index is 2.22. The number of carbonyl (C=O) groups excluding carboxylic acids is 1. The second kappa shape index (κ2) is 9.60. The molecule has 1 rings (SSSR count). The van der Waals surface area contributed by atoms with E-state index >= 15 is 0 Å². The smallest absolute Gasteiger partial charge is 0.220 e. The normalized spacial score (nSPS) is 20.7. The van der Waals surface area contributed by atoms with Crippen LogP contribution in [0.4, 0.5) is 0 Å². The molecule has 1 heterocycles. The molecule has 3 heteroatoms. The van der Waals surface area contributed by atoms with Crippen molar-refractivity contribution in [2.24, 2.45) is 0 Å². The maximum absolute atomic E-state index is 12.3. The van der Waals surface area contributed by atoms with Gasteiger partial charge in [-0.15, -0.1) is 6.58 Å². The lowest BCUT2D eigenvalue weighted by Gasteiger charge is -2.53. The van der Waals surface area contributed by atoms with Gasteiger partial charge >= 0.3 is 0 Å². The summed E-state index contributed by atoms with van der Waals surface area (Å²) in [5.74, 6) is 0.239. The van der Waals surface area contributed by atoms with Crippen LogP contribution in [0.25, 0.3) is 0 Å². The number of nitrogens with one attached hydrogen (secondary N) is 1. The van der Waals surface area contributed by atoms with Crippen molar-refractivity contribution in [2.45, 2.75) is 109 Å². The first kappa shape index (κ1) is 21.2. The summed E-state index contributed by atoms with van der Waals surface area (Å²) in [6.07, 6.45) is 13.1. The van der Waals surface area contributed by atoms with Crippen molar-refractivity contribution in [3.63, 3.8) is 0 Å². The molecule has 140 valence electrons. The third-order valence-electron chi connectivity index (χ3n) is 5.74. The van der Waals surface area contributed by atoms with Gasteiger partial charge < -0.3 is 5.32 Å². The molecule has 0 atom stereocenters. The summed E-state index contributed by atoms with van der Waals surface area (Å²) in [6, 6.07) is 0.303. The minimum Gasteiger partial charge on any atom is -0.353 e. The summed E-state index contributed by atoms with van der Waals surface area (Å²) in [4.78, 5) is 14.7. The van der Waals surface area contributed by atoms with Crippen LogP contribution in [-0.4, -0.2) is 35.0 Å². The van der Waals surface area contributed by atoms with E-state index < -0.39 is 0 Å². The zero-order valence-electron chi connectivity index (χ0n) is 16.8. The zero-order valence-corrected chi connectivity index (χ0v) is 16.8. The molecular formula is C21H40N2O. The lowest BCUT2D eigenvalue weighted by Crippen LogP contribution is -2.62. The average molecular weight is 337 g/mol. The highest BCUT2D eigenvalue weighted by atomic mass is 16.1. The number of nitrogens with zero attached hydrogens (tertiary/aromatic N) is 1. The molecule has 0 aromatic carbocycles. The Labute approximate surface area is 150 Å². The standard InChI is InChI=1S/C21H40N2O/c1-7-8-9-10-11-12-13-14-15-19(24)22-18-16-20(2,3)23(6)21(4,5)17-18/h7,18H,1,8-17H2,2-6H3,(H,22,24). The molecule has 1 saturated heterocycles. The van der Waals surface area contributed by atoms with Gasteiger partial charge in [0.2, 0.25) is 5.91 Å². The summed E-state index contributed by atoms with van der Waals surface area (Å²) in [5.41, 5.74) is 0.260. The van der Waals surface area contributed by atoms with Crippen molar-refractivity contribution in [1.29, 1.82) is 0 Å². The van der Waals surface area contributed by atoms with Gasteiger partial charge in [-0.2, -0.15) is 0 Å². The van der Waals surface area contributed by atoms with Gasteiger partial charge in [-0.1, -0.05) is 31.8 Å². The third-order valence-corrected chi connectivity index (χ3v) is 5.74. The number of likely N-dealkylation sites (tertiary alicyclic amines) is 1. The Bertz CT molecular complexity index is 383. The van der Waals surface area contributed by atoms with Crippen molar-refractivity contribution in [3.05, 3.63) is 12.7 Å². The molecular weight excluding hydrogens is 296 g/mol. The van der Waals surface area contributed by atoms with E-state index in [0.717, 1.165) is 25.7 Å². The molecule has 0 aliphatic carbocycles. The van der Waals surface area contributed by atoms with Gasteiger partial charge in [0.05, 0.1) is 0 Å². The second-order valence-electron chi connectivity index (χ2n) is 8.81. The van der Waals surface area contributed by atoms with E-state index in [1.165, 1.54) is 32.1 Å². The van der Waals surface area contributed by atoms with Crippen molar-refractivity contribution in [2.75, 3.05) is 7.05 Å². The van der Waals surface area contributed by atoms with Crippen LogP contribution in [0.15, 0.2) is 12.7 Å². The molecule has 0 aromatic heterocycles. The van der Waals surface area contributed by atoms with Crippen LogP contribution in [0, 0.1) is 0 Å². The first-order valence-corrected chi connectivity index (χ1v) is 9.83. The van der Waals surface area contributed by atoms with Gasteiger partial charge in [0.1, 0.15) is 0 Å². The highest BCUT2D eigenvalue weighted by Gasteiger charge is 2.43. The summed E-state index contributed by atoms with van der Waals surface area (Å²) in [6.45, 7) is 12.9. The Morgan fingerprint density at radius 2 is 1.54 bits per heavy atom. The lowest BCUT2D eigenvalue weighted by molar-refractivity contribution is -0.123. The van der Waals surface area contributed by atoms with E-state index in [9.17, 15) is 4.79 Å². The van der Waals surface area contributed by atoms with Crippen molar-refractivity contribution in [3.8, 4) is 0 Å². The van der Waals surface area contributed by atoms with Crippen LogP contribution in [0.2, 0.25) is 0 Å². The molecule has 1 aliphatic heterocycles. The number of hydrogen-bond acceptors (Lipinski definition) is 2. The SMILES string of the molecule is C=CCCCCCCCCC(=O)NC1CC(C)(C)N(C)C(C)(C)C1. The first-order valence-electron chi connectivity index (χ1n) is 9.83. The fourth-order valence-corrected chi connectivity index (χ4v) is 4.05. The number of carbonyl (C=O) groups is 1. The van der Waals surface area contributed by atoms with Crippen LogP contribution >= 0.6 is 0 Å². The molecule has 0 spiro atoms. The molecule has 1 aliphatic rings. The Kier molecular flexibility index (Phi) is 8.49. The van der Waals surface area contributed by atoms with Gasteiger partial charge in [-0.25, -0.2) is 0 Å². The fraction of sp³-hybridized carbons (Fsp3) is 0.857. The molecule has 3 nitrogen and oxygen atoms in total. The van der Waals surface area contributed by atoms with E-state index in [4.69, 9.17) is 0 Å². The Hall–Kier alpha value is -0.830. The van der Waals surface area contributed by atoms with Crippen LogP contribution < -0.4 is 5.32 Å². The fourth-order valence-electron chi connectivity index (χ4n) is 4.05. The largest absolute Gasteiger partial charge is 0.353 e. The molecule has 24 heavy (non-hydrogen) atoms. The van der Waals surface area contributed by atoms with Crippen molar-refractivity contribution < 1.29 is 4.79 Å². The number of piperidine rings is 1. The van der Waals surface area contributed by atoms with E-state index in [2.05, 4.69) is 51.5 Å². The Morgan fingerprint density at radius 3 is 2.08 bits per heavy atom. The number of unbranched alkanes of at least 4 members (excludes halogenated alkanes) is 6. The van der Waals surface area contributed by atoms with Gasteiger partial charge in [-0.05, 0) is 66.8 Å². The highest BCUT2D eigenvalue weighted by Crippen LogP contribution is 2.36. The molecule has 1 N–H and O–H groups in total. The maximum Gasteiger partial charge on any atom is 0.220 e. The van der Waals surface area contributed by atoms with E-state index in [1.54, 1.807) is 0 Å². The molecule has 1 amide bonds. The number of amides is 1. The molecule has 0 radical (unpaired) electrons. The van der Waals surface area contributed by atoms with Gasteiger partial charge in [0.25, 0.3) is 0 Å². The van der Waals surface area contributed by atoms with Crippen LogP contribution in [0.1, 0.15) is 91.9 Å². The van der Waals surface area contributed by atoms with E-state index in [1.807, 2.05) is 6.08 Å². The molecule has 0 unspecified atom stereocenters. The second-order valence-corrected chi connectivity index (χ2v) is 8.81. The summed E-state index contributed by atoms with van der Waals surface area (Å²) in [7, 11) is 2.20. The first-order chi connectivity index (χ1) is 11.2. The molecule has 0 aromatic rings. The average Bonchev–Trinajstić information content (AvgIpc) is 2.47. The Morgan fingerprint density at radius 1 is 1.04 bits per heavy atom. The maximum atomic E-state index is 12.3. The number of allylic oxidation sites excluding steroid dienone is 1. The summed E-state index contributed by atoms with van der Waals surface area (Å²) < 4.78 is 0. The third kappa shape index (κ3) is 6.96. The monoisotopic (exact) mass is 336 g/mol. The van der Waals surface area contributed by atoms with Gasteiger partial charge in [0, 0.05) is 23.5 Å². The minimum absolute atomic E-state index is 0.130. The highest BCUT2D eigenvalue weighted by molar-refractivity contribution is 5.76. The number of hydrogen-bond donors (Lipinski definition) is 1. The topological polar surface area (TPSA) is 32.3 Å². The van der Waals surface area contributed by atoms with Crippen LogP contribution in [0.3, 0.4) is 0 Å². The van der Waals surface area contributed by atoms with E-state index in [-0.39, 0.29) is 17.0 Å². The number of rotatable bonds is 10. The van der Waals surface area contributed by atoms with Crippen LogP contribution in [-0.2, 0) is 4.79 Å². The van der Waals surface area contributed by atoms with Crippen molar-refractivity contribution in [1.82, 2.24) is 10.2 Å². The molecule has 1 fully saturated rings. The van der Waals surface area contributed by atoms with Crippen molar-refractivity contribution >= 4 is 5.91 Å². The predicted octanol–water partition coefficient (Wildman–Crippen LogP) is 5.06. The van der Waals surface area contributed by atoms with E-state index in [0.29, 0.717) is 12.5 Å². The zero-order chi connectivity index (χ0) is 18.2. The summed E-state index contributed by atoms with van der Waals surface area (Å²) in [5, 5.41) is 3.29. The molecule has 0 bridgehead atoms. The lowest BCUT2D eigenvalue weighted by atomic mass is 9.77. The molecule has 0 saturated carbocycles. The van der Waals surface area contributed by atoms with Gasteiger partial charge in [-0.3, -0.25) is 9.69 Å². The van der Waals surface area contributed by atoms with Gasteiger partial charge in [0.15, 0.2) is 0 Å². The quantitative estimate of drug-likeness (QED) is 0.447.